The lowest BCUT2D eigenvalue weighted by molar-refractivity contribution is 0.261. The predicted octanol–water partition coefficient (Wildman–Crippen LogP) is 2.96. The molecule has 0 spiro atoms. The first kappa shape index (κ1) is 11.0. The zero-order chi connectivity index (χ0) is 10.7. The van der Waals surface area contributed by atoms with E-state index in [-0.39, 0.29) is 0 Å². The van der Waals surface area contributed by atoms with Crippen LogP contribution in [-0.2, 0) is 0 Å². The number of rotatable bonds is 2. The summed E-state index contributed by atoms with van der Waals surface area (Å²) in [4.78, 5) is 2.39. The number of nitrogens with zero attached hydrogens (tertiary/aromatic N) is 1. The molecule has 1 fully saturated rings. The third kappa shape index (κ3) is 3.21. The summed E-state index contributed by atoms with van der Waals surface area (Å²) >= 11 is 3.44. The lowest BCUT2D eigenvalue weighted by Crippen LogP contribution is -2.39. The average molecular weight is 269 g/mol. The molecule has 3 heteroatoms. The smallest absolute Gasteiger partial charge is 0.0388 e. The quantitative estimate of drug-likeness (QED) is 0.888. The van der Waals surface area contributed by atoms with Gasteiger partial charge in [0.2, 0.25) is 0 Å². The highest BCUT2D eigenvalue weighted by atomic mass is 79.9. The second kappa shape index (κ2) is 4.99. The van der Waals surface area contributed by atoms with Crippen LogP contribution in [0.15, 0.2) is 28.7 Å². The molecule has 1 saturated heterocycles. The van der Waals surface area contributed by atoms with E-state index in [1.165, 1.54) is 25.1 Å². The van der Waals surface area contributed by atoms with E-state index in [0.717, 1.165) is 11.0 Å². The van der Waals surface area contributed by atoms with Gasteiger partial charge in [-0.25, -0.2) is 0 Å². The molecule has 1 heterocycles. The van der Waals surface area contributed by atoms with E-state index >= 15 is 0 Å². The van der Waals surface area contributed by atoms with Gasteiger partial charge < -0.3 is 10.2 Å². The third-order valence-electron chi connectivity index (χ3n) is 2.84. The Bertz CT molecular complexity index is 310. The Morgan fingerprint density at radius 2 is 2.07 bits per heavy atom. The van der Waals surface area contributed by atoms with E-state index in [1.807, 2.05) is 0 Å². The van der Waals surface area contributed by atoms with Crippen molar-refractivity contribution in [3.63, 3.8) is 0 Å². The molecule has 1 unspecified atom stereocenters. The standard InChI is InChI=1S/C12H17BrN2/c1-15-8-2-3-12(9-15)14-11-6-4-10(13)5-7-11/h4-7,12,14H,2-3,8-9H2,1H3. The van der Waals surface area contributed by atoms with Gasteiger partial charge >= 0.3 is 0 Å². The van der Waals surface area contributed by atoms with Crippen LogP contribution >= 0.6 is 15.9 Å². The largest absolute Gasteiger partial charge is 0.381 e. The molecule has 0 aromatic heterocycles. The molecule has 82 valence electrons. The first-order valence-corrected chi connectivity index (χ1v) is 6.24. The molecule has 1 atom stereocenters. The van der Waals surface area contributed by atoms with Crippen LogP contribution in [0.1, 0.15) is 12.8 Å². The molecule has 1 aliphatic rings. The van der Waals surface area contributed by atoms with E-state index in [2.05, 4.69) is 57.5 Å². The third-order valence-corrected chi connectivity index (χ3v) is 3.37. The van der Waals surface area contributed by atoms with Gasteiger partial charge in [0.15, 0.2) is 0 Å². The second-order valence-electron chi connectivity index (χ2n) is 4.25. The van der Waals surface area contributed by atoms with Crippen LogP contribution in [0.25, 0.3) is 0 Å². The van der Waals surface area contributed by atoms with Crippen molar-refractivity contribution in [2.24, 2.45) is 0 Å². The molecule has 0 radical (unpaired) electrons. The van der Waals surface area contributed by atoms with Gasteiger partial charge in [-0.3, -0.25) is 0 Å². The zero-order valence-corrected chi connectivity index (χ0v) is 10.6. The number of benzene rings is 1. The molecule has 15 heavy (non-hydrogen) atoms. The molecule has 1 aromatic carbocycles. The summed E-state index contributed by atoms with van der Waals surface area (Å²) in [5.41, 5.74) is 1.22. The van der Waals surface area contributed by atoms with Crippen LogP contribution in [-0.4, -0.2) is 31.1 Å². The maximum Gasteiger partial charge on any atom is 0.0388 e. The topological polar surface area (TPSA) is 15.3 Å². The first-order chi connectivity index (χ1) is 7.24. The van der Waals surface area contributed by atoms with Gasteiger partial charge in [-0.2, -0.15) is 0 Å². The Morgan fingerprint density at radius 1 is 1.33 bits per heavy atom. The molecule has 2 rings (SSSR count). The summed E-state index contributed by atoms with van der Waals surface area (Å²) in [6.45, 7) is 2.38. The number of piperidine rings is 1. The molecule has 2 nitrogen and oxygen atoms in total. The van der Waals surface area contributed by atoms with Crippen LogP contribution in [0, 0.1) is 0 Å². The highest BCUT2D eigenvalue weighted by molar-refractivity contribution is 9.10. The Hall–Kier alpha value is -0.540. The highest BCUT2D eigenvalue weighted by Gasteiger charge is 2.16. The van der Waals surface area contributed by atoms with Crippen molar-refractivity contribution in [2.45, 2.75) is 18.9 Å². The minimum absolute atomic E-state index is 0.602. The van der Waals surface area contributed by atoms with Crippen molar-refractivity contribution in [3.8, 4) is 0 Å². The normalized spacial score (nSPS) is 22.7. The number of hydrogen-bond donors (Lipinski definition) is 1. The fourth-order valence-corrected chi connectivity index (χ4v) is 2.33. The van der Waals surface area contributed by atoms with E-state index in [1.54, 1.807) is 0 Å². The van der Waals surface area contributed by atoms with Crippen LogP contribution in [0.2, 0.25) is 0 Å². The maximum absolute atomic E-state index is 3.58. The lowest BCUT2D eigenvalue weighted by atomic mass is 10.1. The molecule has 1 N–H and O–H groups in total. The summed E-state index contributed by atoms with van der Waals surface area (Å²) in [5, 5.41) is 3.58. The van der Waals surface area contributed by atoms with E-state index in [0.29, 0.717) is 6.04 Å². The van der Waals surface area contributed by atoms with Gasteiger partial charge in [-0.05, 0) is 50.7 Å². The van der Waals surface area contributed by atoms with Gasteiger partial charge in [0, 0.05) is 22.7 Å². The Balaban J connectivity index is 1.93. The van der Waals surface area contributed by atoms with Crippen molar-refractivity contribution in [1.29, 1.82) is 0 Å². The molecular weight excluding hydrogens is 252 g/mol. The van der Waals surface area contributed by atoms with E-state index in [4.69, 9.17) is 0 Å². The minimum Gasteiger partial charge on any atom is -0.381 e. The van der Waals surface area contributed by atoms with Gasteiger partial charge in [-0.15, -0.1) is 0 Å². The van der Waals surface area contributed by atoms with Crippen LogP contribution in [0.4, 0.5) is 5.69 Å². The van der Waals surface area contributed by atoms with Gasteiger partial charge in [0.05, 0.1) is 0 Å². The van der Waals surface area contributed by atoms with E-state index < -0.39 is 0 Å². The molecule has 0 bridgehead atoms. The Morgan fingerprint density at radius 3 is 2.73 bits per heavy atom. The van der Waals surface area contributed by atoms with Gasteiger partial charge in [0.25, 0.3) is 0 Å². The fraction of sp³-hybridized carbons (Fsp3) is 0.500. The predicted molar refractivity (Wildman–Crippen MR) is 68.3 cm³/mol. The van der Waals surface area contributed by atoms with Crippen molar-refractivity contribution in [3.05, 3.63) is 28.7 Å². The molecule has 1 aromatic rings. The lowest BCUT2D eigenvalue weighted by Gasteiger charge is -2.30. The van der Waals surface area contributed by atoms with Crippen molar-refractivity contribution in [1.82, 2.24) is 4.90 Å². The van der Waals surface area contributed by atoms with Crippen molar-refractivity contribution >= 4 is 21.6 Å². The summed E-state index contributed by atoms with van der Waals surface area (Å²) < 4.78 is 1.13. The second-order valence-corrected chi connectivity index (χ2v) is 5.17. The number of nitrogens with one attached hydrogen (secondary N) is 1. The summed E-state index contributed by atoms with van der Waals surface area (Å²) in [6, 6.07) is 9.01. The SMILES string of the molecule is CN1CCCC(Nc2ccc(Br)cc2)C1. The number of hydrogen-bond acceptors (Lipinski definition) is 2. The molecule has 0 saturated carbocycles. The summed E-state index contributed by atoms with van der Waals surface area (Å²) in [6.07, 6.45) is 2.57. The average Bonchev–Trinajstić information content (AvgIpc) is 2.22. The summed E-state index contributed by atoms with van der Waals surface area (Å²) in [5.74, 6) is 0. The highest BCUT2D eigenvalue weighted by Crippen LogP contribution is 2.17. The molecule has 0 aliphatic carbocycles. The maximum atomic E-state index is 3.58. The monoisotopic (exact) mass is 268 g/mol. The van der Waals surface area contributed by atoms with Gasteiger partial charge in [0.1, 0.15) is 0 Å². The Kier molecular flexibility index (Phi) is 3.65. The van der Waals surface area contributed by atoms with Crippen molar-refractivity contribution < 1.29 is 0 Å². The number of likely N-dealkylation sites (N-methyl/N-ethyl adjacent to an activating group) is 1. The first-order valence-electron chi connectivity index (χ1n) is 5.45. The fourth-order valence-electron chi connectivity index (χ4n) is 2.07. The minimum atomic E-state index is 0.602. The van der Waals surface area contributed by atoms with Crippen LogP contribution in [0.3, 0.4) is 0 Å². The summed E-state index contributed by atoms with van der Waals surface area (Å²) in [7, 11) is 2.19. The Labute approximate surface area is 99.8 Å². The van der Waals surface area contributed by atoms with E-state index in [9.17, 15) is 0 Å². The van der Waals surface area contributed by atoms with Crippen LogP contribution < -0.4 is 5.32 Å². The van der Waals surface area contributed by atoms with Gasteiger partial charge in [-0.1, -0.05) is 15.9 Å². The number of halogens is 1. The zero-order valence-electron chi connectivity index (χ0n) is 9.04. The number of likely N-dealkylation sites (tertiary alicyclic amines) is 1. The molecular formula is C12H17BrN2. The number of anilines is 1. The van der Waals surface area contributed by atoms with Crippen molar-refractivity contribution in [2.75, 3.05) is 25.5 Å². The van der Waals surface area contributed by atoms with Crippen LogP contribution in [0.5, 0.6) is 0 Å². The molecule has 0 amide bonds. The molecule has 1 aliphatic heterocycles.